The number of hydrogen-bond donors (Lipinski definition) is 0. The van der Waals surface area contributed by atoms with Gasteiger partial charge in [-0.05, 0) is 30.0 Å². The number of nitro benzene ring substituents is 1. The zero-order valence-corrected chi connectivity index (χ0v) is 16.9. The first-order valence-electron chi connectivity index (χ1n) is 9.99. The summed E-state index contributed by atoms with van der Waals surface area (Å²) in [5, 5.41) is 11.3. The highest BCUT2D eigenvalue weighted by Crippen LogP contribution is 2.29. The van der Waals surface area contributed by atoms with Crippen LogP contribution in [-0.4, -0.2) is 48.5 Å². The molecule has 3 rings (SSSR count). The number of amides is 1. The number of rotatable bonds is 7. The van der Waals surface area contributed by atoms with Crippen molar-refractivity contribution in [2.24, 2.45) is 0 Å². The summed E-state index contributed by atoms with van der Waals surface area (Å²) in [6, 6.07) is 14.6. The molecule has 0 aromatic heterocycles. The van der Waals surface area contributed by atoms with Crippen molar-refractivity contribution in [3.8, 4) is 5.75 Å². The highest BCUT2D eigenvalue weighted by atomic mass is 16.6. The Hall–Kier alpha value is -3.09. The number of ether oxygens (including phenoxy) is 1. The number of para-hydroxylation sites is 3. The van der Waals surface area contributed by atoms with Crippen LogP contribution >= 0.6 is 0 Å². The van der Waals surface area contributed by atoms with Crippen LogP contribution in [0.4, 0.5) is 11.4 Å². The molecule has 154 valence electrons. The van der Waals surface area contributed by atoms with Crippen molar-refractivity contribution >= 4 is 17.3 Å². The van der Waals surface area contributed by atoms with Gasteiger partial charge in [0.05, 0.1) is 4.92 Å². The number of carbonyl (C=O) groups is 1. The molecule has 1 fully saturated rings. The third kappa shape index (κ3) is 4.85. The van der Waals surface area contributed by atoms with Crippen LogP contribution in [0, 0.1) is 10.1 Å². The summed E-state index contributed by atoms with van der Waals surface area (Å²) in [5.74, 6) is 1.06. The van der Waals surface area contributed by atoms with E-state index in [0.717, 1.165) is 17.7 Å². The summed E-state index contributed by atoms with van der Waals surface area (Å²) in [4.78, 5) is 27.2. The van der Waals surface area contributed by atoms with E-state index in [9.17, 15) is 14.9 Å². The molecule has 1 saturated heterocycles. The highest BCUT2D eigenvalue weighted by molar-refractivity contribution is 5.78. The monoisotopic (exact) mass is 397 g/mol. The Morgan fingerprint density at radius 2 is 1.76 bits per heavy atom. The summed E-state index contributed by atoms with van der Waals surface area (Å²) < 4.78 is 5.84. The summed E-state index contributed by atoms with van der Waals surface area (Å²) in [5.41, 5.74) is 1.81. The molecule has 0 spiro atoms. The maximum Gasteiger partial charge on any atom is 0.292 e. The second-order valence-electron chi connectivity index (χ2n) is 7.25. The molecular weight excluding hydrogens is 370 g/mol. The van der Waals surface area contributed by atoms with Gasteiger partial charge in [0.15, 0.2) is 6.61 Å². The van der Waals surface area contributed by atoms with Gasteiger partial charge in [-0.2, -0.15) is 0 Å². The van der Waals surface area contributed by atoms with Crippen molar-refractivity contribution in [3.05, 3.63) is 64.2 Å². The van der Waals surface area contributed by atoms with Gasteiger partial charge in [-0.15, -0.1) is 0 Å². The molecular formula is C22H27N3O4. The number of carbonyl (C=O) groups excluding carboxylic acids is 1. The Morgan fingerprint density at radius 3 is 2.45 bits per heavy atom. The molecule has 0 N–H and O–H groups in total. The zero-order valence-electron chi connectivity index (χ0n) is 16.9. The fourth-order valence-corrected chi connectivity index (χ4v) is 3.55. The summed E-state index contributed by atoms with van der Waals surface area (Å²) >= 11 is 0. The molecule has 0 aliphatic carbocycles. The maximum atomic E-state index is 12.6. The van der Waals surface area contributed by atoms with Crippen LogP contribution in [-0.2, 0) is 4.79 Å². The number of anilines is 1. The first kappa shape index (κ1) is 20.6. The minimum atomic E-state index is -0.366. The van der Waals surface area contributed by atoms with Gasteiger partial charge in [0.25, 0.3) is 11.6 Å². The standard InChI is InChI=1S/C22H27N3O4/c1-3-17(2)18-8-4-7-11-21(18)29-16-22(26)24-14-12-23(13-15-24)19-9-5-6-10-20(19)25(27)28/h4-11,17H,3,12-16H2,1-2H3. The summed E-state index contributed by atoms with van der Waals surface area (Å²) in [6.07, 6.45) is 1.00. The molecule has 0 saturated carbocycles. The Bertz CT molecular complexity index is 863. The Kier molecular flexibility index (Phi) is 6.69. The van der Waals surface area contributed by atoms with Crippen molar-refractivity contribution in [3.63, 3.8) is 0 Å². The molecule has 1 aliphatic heterocycles. The van der Waals surface area contributed by atoms with Gasteiger partial charge in [0.1, 0.15) is 11.4 Å². The molecule has 2 aromatic carbocycles. The lowest BCUT2D eigenvalue weighted by molar-refractivity contribution is -0.384. The van der Waals surface area contributed by atoms with E-state index >= 15 is 0 Å². The van der Waals surface area contributed by atoms with Crippen LogP contribution < -0.4 is 9.64 Å². The number of hydrogen-bond acceptors (Lipinski definition) is 5. The smallest absolute Gasteiger partial charge is 0.292 e. The average Bonchev–Trinajstić information content (AvgIpc) is 2.77. The fourth-order valence-electron chi connectivity index (χ4n) is 3.55. The number of piperazine rings is 1. The van der Waals surface area contributed by atoms with Crippen LogP contribution in [0.2, 0.25) is 0 Å². The van der Waals surface area contributed by atoms with E-state index in [4.69, 9.17) is 4.74 Å². The van der Waals surface area contributed by atoms with Crippen molar-refractivity contribution in [1.29, 1.82) is 0 Å². The predicted octanol–water partition coefficient (Wildman–Crippen LogP) is 3.84. The second-order valence-corrected chi connectivity index (χ2v) is 7.25. The topological polar surface area (TPSA) is 75.9 Å². The summed E-state index contributed by atoms with van der Waals surface area (Å²) in [7, 11) is 0. The average molecular weight is 397 g/mol. The first-order valence-corrected chi connectivity index (χ1v) is 9.99. The van der Waals surface area contributed by atoms with Gasteiger partial charge in [-0.1, -0.05) is 44.2 Å². The van der Waals surface area contributed by atoms with Gasteiger partial charge >= 0.3 is 0 Å². The minimum Gasteiger partial charge on any atom is -0.483 e. The molecule has 1 aliphatic rings. The molecule has 0 radical (unpaired) electrons. The van der Waals surface area contributed by atoms with Gasteiger partial charge in [0.2, 0.25) is 0 Å². The molecule has 29 heavy (non-hydrogen) atoms. The minimum absolute atomic E-state index is 0.00106. The van der Waals surface area contributed by atoms with Gasteiger partial charge in [0, 0.05) is 32.2 Å². The van der Waals surface area contributed by atoms with E-state index in [2.05, 4.69) is 13.8 Å². The molecule has 2 aromatic rings. The van der Waals surface area contributed by atoms with Crippen LogP contribution in [0.5, 0.6) is 5.75 Å². The SMILES string of the molecule is CCC(C)c1ccccc1OCC(=O)N1CCN(c2ccccc2[N+](=O)[O-])CC1. The van der Waals surface area contributed by atoms with Crippen LogP contribution in [0.25, 0.3) is 0 Å². The third-order valence-electron chi connectivity index (χ3n) is 5.46. The predicted molar refractivity (Wildman–Crippen MR) is 113 cm³/mol. The van der Waals surface area contributed by atoms with Crippen molar-refractivity contribution in [2.75, 3.05) is 37.7 Å². The van der Waals surface area contributed by atoms with E-state index in [-0.39, 0.29) is 23.1 Å². The molecule has 0 bridgehead atoms. The number of nitro groups is 1. The van der Waals surface area contributed by atoms with E-state index < -0.39 is 0 Å². The van der Waals surface area contributed by atoms with Gasteiger partial charge in [-0.3, -0.25) is 14.9 Å². The first-order chi connectivity index (χ1) is 14.0. The molecule has 1 amide bonds. The molecule has 7 nitrogen and oxygen atoms in total. The van der Waals surface area contributed by atoms with Gasteiger partial charge < -0.3 is 14.5 Å². The van der Waals surface area contributed by atoms with Crippen LogP contribution in [0.3, 0.4) is 0 Å². The lowest BCUT2D eigenvalue weighted by Gasteiger charge is -2.35. The van der Waals surface area contributed by atoms with Crippen molar-refractivity contribution in [2.45, 2.75) is 26.2 Å². The van der Waals surface area contributed by atoms with E-state index in [0.29, 0.717) is 37.8 Å². The maximum absolute atomic E-state index is 12.6. The molecule has 7 heteroatoms. The number of nitrogens with zero attached hydrogens (tertiary/aromatic N) is 3. The van der Waals surface area contributed by atoms with Gasteiger partial charge in [-0.25, -0.2) is 0 Å². The molecule has 1 unspecified atom stereocenters. The van der Waals surface area contributed by atoms with Crippen molar-refractivity contribution < 1.29 is 14.5 Å². The highest BCUT2D eigenvalue weighted by Gasteiger charge is 2.25. The van der Waals surface area contributed by atoms with E-state index in [1.165, 1.54) is 6.07 Å². The molecule has 1 atom stereocenters. The lowest BCUT2D eigenvalue weighted by Crippen LogP contribution is -2.50. The van der Waals surface area contributed by atoms with Crippen molar-refractivity contribution in [1.82, 2.24) is 4.90 Å². The second kappa shape index (κ2) is 9.41. The van der Waals surface area contributed by atoms with E-state index in [1.807, 2.05) is 29.2 Å². The van der Waals surface area contributed by atoms with Crippen LogP contribution in [0.1, 0.15) is 31.7 Å². The third-order valence-corrected chi connectivity index (χ3v) is 5.46. The fraction of sp³-hybridized carbons (Fsp3) is 0.409. The van der Waals surface area contributed by atoms with E-state index in [1.54, 1.807) is 23.1 Å². The molecule has 1 heterocycles. The zero-order chi connectivity index (χ0) is 20.8. The van der Waals surface area contributed by atoms with Crippen LogP contribution in [0.15, 0.2) is 48.5 Å². The Morgan fingerprint density at radius 1 is 1.10 bits per heavy atom. The normalized spacial score (nSPS) is 15.1. The lowest BCUT2D eigenvalue weighted by atomic mass is 9.98. The number of benzene rings is 2. The quantitative estimate of drug-likeness (QED) is 0.524. The largest absolute Gasteiger partial charge is 0.483 e. The summed E-state index contributed by atoms with van der Waals surface area (Å²) in [6.45, 7) is 6.41. The Labute approximate surface area is 171 Å². The Balaban J connectivity index is 1.57.